The zero-order chi connectivity index (χ0) is 36.1. The van der Waals surface area contributed by atoms with E-state index < -0.39 is 46.5 Å². The number of aryl methyl sites for hydroxylation is 2. The number of nitrogens with zero attached hydrogens (tertiary/aromatic N) is 8. The number of amides is 2. The zero-order valence-corrected chi connectivity index (χ0v) is 26.1. The largest absolute Gasteiger partial charge is 0.478 e. The fourth-order valence-corrected chi connectivity index (χ4v) is 5.14. The number of hydrogen-bond donors (Lipinski definition) is 4. The third-order valence-electron chi connectivity index (χ3n) is 7.50. The molecule has 4 aromatic heterocycles. The molecule has 0 radical (unpaired) electrons. The molecule has 6 rings (SSSR count). The van der Waals surface area contributed by atoms with Crippen molar-refractivity contribution in [1.82, 2.24) is 39.5 Å². The Morgan fingerprint density at radius 1 is 0.627 bits per heavy atom. The van der Waals surface area contributed by atoms with E-state index in [4.69, 9.17) is 0 Å². The first-order valence-corrected chi connectivity index (χ1v) is 15.0. The summed E-state index contributed by atoms with van der Waals surface area (Å²) in [4.78, 5) is 58.3. The Bertz CT molecular complexity index is 2090. The first kappa shape index (κ1) is 33.7. The van der Waals surface area contributed by atoms with Crippen molar-refractivity contribution in [3.8, 4) is 11.6 Å². The number of carbonyl (C=O) groups is 4. The Balaban J connectivity index is 1.23. The molecule has 4 heterocycles. The molecule has 0 aliphatic heterocycles. The fraction of sp³-hybridized carbons (Fsp3) is 0.0909. The second-order valence-corrected chi connectivity index (χ2v) is 10.8. The van der Waals surface area contributed by atoms with Crippen molar-refractivity contribution in [2.75, 3.05) is 10.6 Å². The molecular formula is C33H24F2N10O6. The lowest BCUT2D eigenvalue weighted by atomic mass is 9.97. The molecule has 0 spiro atoms. The number of carboxylic acids is 2. The highest BCUT2D eigenvalue weighted by Crippen LogP contribution is 2.29. The molecule has 0 bridgehead atoms. The minimum absolute atomic E-state index is 0.0631. The molecule has 18 heteroatoms. The highest BCUT2D eigenvalue weighted by Gasteiger charge is 2.23. The second kappa shape index (κ2) is 14.5. The van der Waals surface area contributed by atoms with E-state index in [1.165, 1.54) is 49.3 Å². The Kier molecular flexibility index (Phi) is 9.56. The van der Waals surface area contributed by atoms with Crippen LogP contribution in [0.3, 0.4) is 0 Å². The van der Waals surface area contributed by atoms with Gasteiger partial charge in [0.25, 0.3) is 11.8 Å². The van der Waals surface area contributed by atoms with E-state index in [9.17, 15) is 38.2 Å². The molecular weight excluding hydrogens is 670 g/mol. The Morgan fingerprint density at radius 2 is 1.06 bits per heavy atom. The number of aromatic nitrogens is 8. The first-order valence-electron chi connectivity index (χ1n) is 15.0. The molecule has 0 saturated carbocycles. The molecule has 16 nitrogen and oxygen atoms in total. The van der Waals surface area contributed by atoms with Crippen molar-refractivity contribution in [2.45, 2.75) is 19.3 Å². The van der Waals surface area contributed by atoms with Gasteiger partial charge in [-0.15, -0.1) is 20.4 Å². The first-order chi connectivity index (χ1) is 24.6. The standard InChI is InChI=1S/C33H24F2N10O6/c34-20-12-18(28(22(14-20)32(48)49)38-30(46)24-4-6-26(42-40-24)44-10-8-36-16-44)2-1-3-19-13-21(35)15-23(33(50)51)29(19)39-31(47)25-5-7-27(43-41-25)45-11-9-37-17-45/h4-17H,1-3H2,(H,38,46)(H,39,47)(H,48,49)(H,50,51). The van der Waals surface area contributed by atoms with Gasteiger partial charge in [-0.05, 0) is 78.9 Å². The normalized spacial score (nSPS) is 10.9. The molecule has 4 N–H and O–H groups in total. The van der Waals surface area contributed by atoms with Crippen molar-refractivity contribution < 1.29 is 38.2 Å². The van der Waals surface area contributed by atoms with Gasteiger partial charge in [-0.2, -0.15) is 0 Å². The van der Waals surface area contributed by atoms with Crippen molar-refractivity contribution in [3.63, 3.8) is 0 Å². The number of anilines is 2. The summed E-state index contributed by atoms with van der Waals surface area (Å²) in [6, 6.07) is 9.30. The Morgan fingerprint density at radius 3 is 1.39 bits per heavy atom. The van der Waals surface area contributed by atoms with Gasteiger partial charge in [0.2, 0.25) is 0 Å². The lowest BCUT2D eigenvalue weighted by molar-refractivity contribution is 0.0686. The van der Waals surface area contributed by atoms with E-state index in [0.29, 0.717) is 11.6 Å². The van der Waals surface area contributed by atoms with Crippen LogP contribution >= 0.6 is 0 Å². The summed E-state index contributed by atoms with van der Waals surface area (Å²) in [6.07, 6.45) is 9.19. The summed E-state index contributed by atoms with van der Waals surface area (Å²) < 4.78 is 32.4. The number of carboxylic acid groups (broad SMARTS) is 2. The van der Waals surface area contributed by atoms with Crippen LogP contribution in [0.4, 0.5) is 20.2 Å². The third kappa shape index (κ3) is 7.59. The lowest BCUT2D eigenvalue weighted by Gasteiger charge is -2.16. The molecule has 0 saturated heterocycles. The maximum absolute atomic E-state index is 14.6. The molecule has 0 aliphatic carbocycles. The van der Waals surface area contributed by atoms with E-state index in [1.807, 2.05) is 0 Å². The van der Waals surface area contributed by atoms with Gasteiger partial charge in [0.05, 0.1) is 22.5 Å². The van der Waals surface area contributed by atoms with Gasteiger partial charge in [0.15, 0.2) is 23.0 Å². The van der Waals surface area contributed by atoms with Crippen LogP contribution in [-0.4, -0.2) is 73.5 Å². The molecule has 2 amide bonds. The van der Waals surface area contributed by atoms with Crippen LogP contribution in [0.2, 0.25) is 0 Å². The van der Waals surface area contributed by atoms with Crippen molar-refractivity contribution in [1.29, 1.82) is 0 Å². The highest BCUT2D eigenvalue weighted by atomic mass is 19.1. The molecule has 6 aromatic rings. The number of rotatable bonds is 12. The number of hydrogen-bond acceptors (Lipinski definition) is 10. The number of aromatic carboxylic acids is 2. The number of benzene rings is 2. The SMILES string of the molecule is O=C(Nc1c(CCCc2cc(F)cc(C(=O)O)c2NC(=O)c2ccc(-n3ccnc3)nn2)cc(F)cc1C(=O)O)c1ccc(-n2ccnc2)nn1. The Labute approximate surface area is 285 Å². The van der Waals surface area contributed by atoms with E-state index in [0.717, 1.165) is 24.3 Å². The van der Waals surface area contributed by atoms with Crippen LogP contribution < -0.4 is 10.6 Å². The average molecular weight is 695 g/mol. The van der Waals surface area contributed by atoms with Crippen LogP contribution in [0.5, 0.6) is 0 Å². The number of nitrogens with one attached hydrogen (secondary N) is 2. The van der Waals surface area contributed by atoms with Crippen LogP contribution in [0, 0.1) is 11.6 Å². The van der Waals surface area contributed by atoms with E-state index >= 15 is 0 Å². The van der Waals surface area contributed by atoms with Crippen LogP contribution in [-0.2, 0) is 12.8 Å². The molecule has 2 aromatic carbocycles. The summed E-state index contributed by atoms with van der Waals surface area (Å²) in [5.74, 6) is -5.73. The maximum atomic E-state index is 14.6. The van der Waals surface area contributed by atoms with Crippen molar-refractivity contribution in [2.24, 2.45) is 0 Å². The summed E-state index contributed by atoms with van der Waals surface area (Å²) in [7, 11) is 0. The molecule has 0 atom stereocenters. The van der Waals surface area contributed by atoms with Gasteiger partial charge < -0.3 is 20.8 Å². The molecule has 0 fully saturated rings. The van der Waals surface area contributed by atoms with Crippen LogP contribution in [0.15, 0.2) is 86.0 Å². The van der Waals surface area contributed by atoms with Crippen molar-refractivity contribution in [3.05, 3.63) is 131 Å². The van der Waals surface area contributed by atoms with E-state index in [-0.39, 0.29) is 53.2 Å². The van der Waals surface area contributed by atoms with Gasteiger partial charge in [-0.25, -0.2) is 28.3 Å². The predicted molar refractivity (Wildman–Crippen MR) is 173 cm³/mol. The van der Waals surface area contributed by atoms with Crippen LogP contribution in [0.25, 0.3) is 11.6 Å². The minimum Gasteiger partial charge on any atom is -0.478 e. The zero-order valence-electron chi connectivity index (χ0n) is 26.1. The van der Waals surface area contributed by atoms with Gasteiger partial charge in [0.1, 0.15) is 24.3 Å². The molecule has 0 aliphatic rings. The maximum Gasteiger partial charge on any atom is 0.337 e. The Hall–Kier alpha value is -7.24. The summed E-state index contributed by atoms with van der Waals surface area (Å²) in [5.41, 5.74) is -1.63. The average Bonchev–Trinajstić information content (AvgIpc) is 3.86. The fourth-order valence-electron chi connectivity index (χ4n) is 5.14. The topological polar surface area (TPSA) is 220 Å². The predicted octanol–water partition coefficient (Wildman–Crippen LogP) is 3.99. The van der Waals surface area contributed by atoms with Crippen LogP contribution in [0.1, 0.15) is 59.2 Å². The number of imidazole rings is 2. The number of halogens is 2. The van der Waals surface area contributed by atoms with Gasteiger partial charge in [0, 0.05) is 24.8 Å². The van der Waals surface area contributed by atoms with E-state index in [1.54, 1.807) is 21.5 Å². The molecule has 256 valence electrons. The van der Waals surface area contributed by atoms with Gasteiger partial charge in [-0.3, -0.25) is 18.7 Å². The summed E-state index contributed by atoms with van der Waals surface area (Å²) >= 11 is 0. The third-order valence-corrected chi connectivity index (χ3v) is 7.50. The molecule has 51 heavy (non-hydrogen) atoms. The second-order valence-electron chi connectivity index (χ2n) is 10.8. The highest BCUT2D eigenvalue weighted by molar-refractivity contribution is 6.08. The summed E-state index contributed by atoms with van der Waals surface area (Å²) in [6.45, 7) is 0. The van der Waals surface area contributed by atoms with Gasteiger partial charge in [-0.1, -0.05) is 0 Å². The monoisotopic (exact) mass is 694 g/mol. The van der Waals surface area contributed by atoms with Gasteiger partial charge >= 0.3 is 11.9 Å². The molecule has 0 unspecified atom stereocenters. The van der Waals surface area contributed by atoms with E-state index in [2.05, 4.69) is 41.0 Å². The minimum atomic E-state index is -1.52. The smallest absolute Gasteiger partial charge is 0.337 e. The van der Waals surface area contributed by atoms with Crippen molar-refractivity contribution >= 4 is 35.1 Å². The lowest BCUT2D eigenvalue weighted by Crippen LogP contribution is -2.19. The number of carbonyl (C=O) groups excluding carboxylic acids is 2. The summed E-state index contributed by atoms with van der Waals surface area (Å²) in [5, 5.41) is 40.4. The quantitative estimate of drug-likeness (QED) is 0.143.